The molecule has 5 N–H and O–H groups in total. The highest BCUT2D eigenvalue weighted by Crippen LogP contribution is 2.16. The van der Waals surface area contributed by atoms with E-state index < -0.39 is 30.4 Å². The van der Waals surface area contributed by atoms with Crippen LogP contribution in [0.2, 0.25) is 0 Å². The molecule has 0 spiro atoms. The van der Waals surface area contributed by atoms with E-state index in [2.05, 4.69) is 10.6 Å². The number of nitrogens with two attached hydrogens (primary N) is 1. The Bertz CT molecular complexity index is 518. The number of hydrogen-bond donors (Lipinski definition) is 4. The van der Waals surface area contributed by atoms with Crippen LogP contribution in [0.4, 0.5) is 10.5 Å². The maximum absolute atomic E-state index is 11.6. The molecule has 1 atom stereocenters. The normalized spacial score (nSPS) is 11.2. The number of methoxy groups -OCH3 is 1. The number of carbonyl (C=O) groups excluding carboxylic acids is 2. The van der Waals surface area contributed by atoms with Gasteiger partial charge in [0.25, 0.3) is 0 Å². The number of carboxylic acids is 1. The molecule has 0 fully saturated rings. The maximum atomic E-state index is 11.6. The molecule has 0 bridgehead atoms. The first kappa shape index (κ1) is 15.3. The van der Waals surface area contributed by atoms with Gasteiger partial charge >= 0.3 is 12.0 Å². The lowest BCUT2D eigenvalue weighted by Gasteiger charge is -2.14. The Kier molecular flexibility index (Phi) is 5.33. The number of carbonyl (C=O) groups is 3. The van der Waals surface area contributed by atoms with E-state index in [-0.39, 0.29) is 0 Å². The number of ether oxygens (including phenoxy) is 1. The zero-order chi connectivity index (χ0) is 15.1. The number of amides is 3. The van der Waals surface area contributed by atoms with Gasteiger partial charge in [0.2, 0.25) is 5.91 Å². The van der Waals surface area contributed by atoms with Crippen LogP contribution in [0.25, 0.3) is 0 Å². The highest BCUT2D eigenvalue weighted by atomic mass is 16.5. The predicted molar refractivity (Wildman–Crippen MR) is 70.4 cm³/mol. The molecule has 0 unspecified atom stereocenters. The number of rotatable bonds is 6. The summed E-state index contributed by atoms with van der Waals surface area (Å²) >= 11 is 0. The van der Waals surface area contributed by atoms with Gasteiger partial charge in [-0.2, -0.15) is 0 Å². The van der Waals surface area contributed by atoms with Gasteiger partial charge in [0.05, 0.1) is 13.5 Å². The molecule has 8 heteroatoms. The van der Waals surface area contributed by atoms with Crippen LogP contribution in [-0.4, -0.2) is 36.2 Å². The van der Waals surface area contributed by atoms with Gasteiger partial charge in [0, 0.05) is 11.8 Å². The molecule has 0 saturated carbocycles. The fraction of sp³-hybridized carbons (Fsp3) is 0.250. The van der Waals surface area contributed by atoms with Crippen molar-refractivity contribution in [1.29, 1.82) is 0 Å². The van der Waals surface area contributed by atoms with Gasteiger partial charge < -0.3 is 26.2 Å². The predicted octanol–water partition coefficient (Wildman–Crippen LogP) is 0.145. The zero-order valence-electron chi connectivity index (χ0n) is 10.8. The van der Waals surface area contributed by atoms with Gasteiger partial charge in [-0.25, -0.2) is 9.59 Å². The summed E-state index contributed by atoms with van der Waals surface area (Å²) < 4.78 is 4.98. The minimum absolute atomic E-state index is 0.421. The zero-order valence-corrected chi connectivity index (χ0v) is 10.8. The smallest absolute Gasteiger partial charge is 0.326 e. The Morgan fingerprint density at radius 2 is 2.10 bits per heavy atom. The van der Waals surface area contributed by atoms with E-state index in [9.17, 15) is 14.4 Å². The first-order valence-electron chi connectivity index (χ1n) is 5.65. The number of anilines is 1. The van der Waals surface area contributed by atoms with Gasteiger partial charge in [0.1, 0.15) is 11.8 Å². The van der Waals surface area contributed by atoms with Crippen molar-refractivity contribution in [3.05, 3.63) is 24.3 Å². The van der Waals surface area contributed by atoms with Gasteiger partial charge in [0.15, 0.2) is 0 Å². The van der Waals surface area contributed by atoms with Crippen LogP contribution >= 0.6 is 0 Å². The van der Waals surface area contributed by atoms with Crippen LogP contribution in [0.1, 0.15) is 6.42 Å². The lowest BCUT2D eigenvalue weighted by atomic mass is 10.2. The number of hydrogen-bond acceptors (Lipinski definition) is 4. The molecule has 0 aliphatic heterocycles. The van der Waals surface area contributed by atoms with Crippen LogP contribution < -0.4 is 21.1 Å². The molecule has 0 radical (unpaired) electrons. The van der Waals surface area contributed by atoms with Gasteiger partial charge in [-0.15, -0.1) is 0 Å². The summed E-state index contributed by atoms with van der Waals surface area (Å²) in [5, 5.41) is 13.4. The molecule has 0 saturated heterocycles. The van der Waals surface area contributed by atoms with Crippen LogP contribution in [0, 0.1) is 0 Å². The van der Waals surface area contributed by atoms with Crippen molar-refractivity contribution < 1.29 is 24.2 Å². The Morgan fingerprint density at radius 1 is 1.40 bits per heavy atom. The van der Waals surface area contributed by atoms with E-state index in [0.29, 0.717) is 11.4 Å². The minimum atomic E-state index is -1.38. The quantitative estimate of drug-likeness (QED) is 0.589. The van der Waals surface area contributed by atoms with E-state index in [4.69, 9.17) is 15.6 Å². The Labute approximate surface area is 114 Å². The van der Waals surface area contributed by atoms with Crippen molar-refractivity contribution in [3.63, 3.8) is 0 Å². The van der Waals surface area contributed by atoms with Crippen LogP contribution in [-0.2, 0) is 9.59 Å². The Morgan fingerprint density at radius 3 is 2.65 bits per heavy atom. The summed E-state index contributed by atoms with van der Waals surface area (Å²) in [5.74, 6) is -1.63. The number of urea groups is 1. The lowest BCUT2D eigenvalue weighted by molar-refractivity contribution is -0.140. The number of aliphatic carboxylic acids is 1. The average molecular weight is 281 g/mol. The summed E-state index contributed by atoms with van der Waals surface area (Å²) in [6.45, 7) is 0. The summed E-state index contributed by atoms with van der Waals surface area (Å²) in [5.41, 5.74) is 5.33. The molecule has 0 aliphatic rings. The van der Waals surface area contributed by atoms with Crippen molar-refractivity contribution in [3.8, 4) is 5.75 Å². The molecule has 0 aromatic heterocycles. The molecule has 20 heavy (non-hydrogen) atoms. The van der Waals surface area contributed by atoms with Crippen molar-refractivity contribution in [2.24, 2.45) is 5.73 Å². The molecule has 0 aliphatic carbocycles. The molecule has 0 heterocycles. The molecule has 8 nitrogen and oxygen atoms in total. The van der Waals surface area contributed by atoms with E-state index in [1.807, 2.05) is 0 Å². The van der Waals surface area contributed by atoms with Crippen molar-refractivity contribution >= 4 is 23.6 Å². The van der Waals surface area contributed by atoms with E-state index in [1.165, 1.54) is 7.11 Å². The topological polar surface area (TPSA) is 131 Å². The molecular weight excluding hydrogens is 266 g/mol. The monoisotopic (exact) mass is 281 g/mol. The summed E-state index contributed by atoms with van der Waals surface area (Å²) in [6, 6.07) is 4.38. The van der Waals surface area contributed by atoms with Crippen molar-refractivity contribution in [2.75, 3.05) is 12.4 Å². The fourth-order valence-corrected chi connectivity index (χ4v) is 1.43. The van der Waals surface area contributed by atoms with Crippen LogP contribution in [0.5, 0.6) is 5.75 Å². The van der Waals surface area contributed by atoms with E-state index in [0.717, 1.165) is 0 Å². The molecule has 3 amide bonds. The highest BCUT2D eigenvalue weighted by Gasteiger charge is 2.22. The number of carboxylic acid groups (broad SMARTS) is 1. The van der Waals surface area contributed by atoms with E-state index in [1.54, 1.807) is 24.3 Å². The summed E-state index contributed by atoms with van der Waals surface area (Å²) in [4.78, 5) is 33.2. The second kappa shape index (κ2) is 6.98. The largest absolute Gasteiger partial charge is 0.497 e. The number of nitrogens with one attached hydrogen (secondary N) is 2. The number of benzene rings is 1. The molecule has 1 rings (SSSR count). The highest BCUT2D eigenvalue weighted by molar-refractivity contribution is 5.93. The third-order valence-electron chi connectivity index (χ3n) is 2.34. The standard InChI is InChI=1S/C12H15N3O5/c1-20-8-4-2-3-7(5-8)14-12(19)15-9(11(17)18)6-10(13)16/h2-5,9H,6H2,1H3,(H2,13,16)(H,17,18)(H2,14,15,19)/t9-/m0/s1. The maximum Gasteiger partial charge on any atom is 0.326 e. The third kappa shape index (κ3) is 4.84. The Hall–Kier alpha value is -2.77. The summed E-state index contributed by atoms with van der Waals surface area (Å²) in [7, 11) is 1.48. The Balaban J connectivity index is 2.65. The third-order valence-corrected chi connectivity index (χ3v) is 2.34. The van der Waals surface area contributed by atoms with Gasteiger partial charge in [-0.05, 0) is 12.1 Å². The van der Waals surface area contributed by atoms with Crippen LogP contribution in [0.15, 0.2) is 24.3 Å². The fourth-order valence-electron chi connectivity index (χ4n) is 1.43. The lowest BCUT2D eigenvalue weighted by Crippen LogP contribution is -2.45. The van der Waals surface area contributed by atoms with Crippen molar-refractivity contribution in [1.82, 2.24) is 5.32 Å². The number of primary amides is 1. The van der Waals surface area contributed by atoms with Crippen molar-refractivity contribution in [2.45, 2.75) is 12.5 Å². The second-order valence-corrected chi connectivity index (χ2v) is 3.89. The van der Waals surface area contributed by atoms with E-state index >= 15 is 0 Å². The molecule has 1 aromatic rings. The average Bonchev–Trinajstić information content (AvgIpc) is 2.37. The first-order valence-corrected chi connectivity index (χ1v) is 5.65. The van der Waals surface area contributed by atoms with Gasteiger partial charge in [-0.3, -0.25) is 4.79 Å². The van der Waals surface area contributed by atoms with Gasteiger partial charge in [-0.1, -0.05) is 6.07 Å². The SMILES string of the molecule is COc1cccc(NC(=O)N[C@@H](CC(N)=O)C(=O)O)c1. The summed E-state index contributed by atoms with van der Waals surface area (Å²) in [6.07, 6.45) is -0.485. The molecular formula is C12H15N3O5. The molecule has 1 aromatic carbocycles. The molecule has 108 valence electrons. The minimum Gasteiger partial charge on any atom is -0.497 e. The van der Waals surface area contributed by atoms with Crippen LogP contribution in [0.3, 0.4) is 0 Å². The second-order valence-electron chi connectivity index (χ2n) is 3.89. The first-order chi connectivity index (χ1) is 9.42.